The van der Waals surface area contributed by atoms with Crippen LogP contribution in [-0.4, -0.2) is 42.1 Å². The fraction of sp³-hybridized carbons (Fsp3) is 0.318. The molecule has 0 bridgehead atoms. The summed E-state index contributed by atoms with van der Waals surface area (Å²) in [5, 5.41) is 19.2. The van der Waals surface area contributed by atoms with E-state index in [4.69, 9.17) is 13.8 Å². The minimum absolute atomic E-state index is 0.143. The third-order valence-electron chi connectivity index (χ3n) is 4.76. The Bertz CT molecular complexity index is 874. The Morgan fingerprint density at radius 1 is 1.38 bits per heavy atom. The van der Waals surface area contributed by atoms with Gasteiger partial charge in [0.25, 0.3) is 0 Å². The molecule has 1 atom stereocenters. The van der Waals surface area contributed by atoms with Crippen LogP contribution in [0.25, 0.3) is 11.6 Å². The van der Waals surface area contributed by atoms with Crippen molar-refractivity contribution in [3.05, 3.63) is 77.5 Å². The summed E-state index contributed by atoms with van der Waals surface area (Å²) in [5.74, 6) is 1.16. The highest BCUT2D eigenvalue weighted by molar-refractivity contribution is 6.43. The van der Waals surface area contributed by atoms with Crippen LogP contribution in [0.2, 0.25) is 6.32 Å². The van der Waals surface area contributed by atoms with Crippen molar-refractivity contribution < 1.29 is 23.9 Å². The second-order valence-corrected chi connectivity index (χ2v) is 6.90. The van der Waals surface area contributed by atoms with Crippen LogP contribution in [0.3, 0.4) is 0 Å². The lowest BCUT2D eigenvalue weighted by Gasteiger charge is -2.28. The first-order valence-corrected chi connectivity index (χ1v) is 9.63. The Balaban J connectivity index is 1.81. The molecule has 2 N–H and O–H groups in total. The molecule has 6 nitrogen and oxygen atoms in total. The van der Waals surface area contributed by atoms with Gasteiger partial charge >= 0.3 is 7.12 Å². The zero-order valence-electron chi connectivity index (χ0n) is 16.6. The number of methoxy groups -OCH3 is 1. The van der Waals surface area contributed by atoms with E-state index in [1.807, 2.05) is 36.4 Å². The number of furan rings is 1. The molecular weight excluding hydrogens is 369 g/mol. The number of aliphatic hydroxyl groups is 1. The van der Waals surface area contributed by atoms with Gasteiger partial charge in [-0.3, -0.25) is 4.98 Å². The summed E-state index contributed by atoms with van der Waals surface area (Å²) in [6.45, 7) is 4.36. The number of allylic oxidation sites excluding steroid dienone is 2. The van der Waals surface area contributed by atoms with Crippen LogP contribution < -0.4 is 0 Å². The van der Waals surface area contributed by atoms with Crippen molar-refractivity contribution in [3.63, 3.8) is 0 Å². The van der Waals surface area contributed by atoms with E-state index in [9.17, 15) is 10.1 Å². The minimum Gasteiger partial charge on any atom is -0.459 e. The van der Waals surface area contributed by atoms with Crippen molar-refractivity contribution in [2.75, 3.05) is 13.7 Å². The monoisotopic (exact) mass is 395 g/mol. The SMILES string of the molecule is C=C(COC)C1=CCB(O)OC1CC/C(=C/c1ccc(CO)o1)c1ccccn1. The van der Waals surface area contributed by atoms with Crippen LogP contribution in [0.15, 0.2) is 64.7 Å². The van der Waals surface area contributed by atoms with E-state index in [0.29, 0.717) is 37.3 Å². The first-order chi connectivity index (χ1) is 14.1. The summed E-state index contributed by atoms with van der Waals surface area (Å²) in [7, 11) is 0.809. The number of nitrogens with zero attached hydrogens (tertiary/aromatic N) is 1. The maximum absolute atomic E-state index is 9.96. The molecule has 0 saturated carbocycles. The molecule has 29 heavy (non-hydrogen) atoms. The van der Waals surface area contributed by atoms with Crippen molar-refractivity contribution in [2.24, 2.45) is 0 Å². The van der Waals surface area contributed by atoms with Crippen molar-refractivity contribution in [2.45, 2.75) is 31.9 Å². The van der Waals surface area contributed by atoms with Gasteiger partial charge in [-0.15, -0.1) is 0 Å². The average Bonchev–Trinajstić information content (AvgIpc) is 3.19. The number of hydrogen-bond acceptors (Lipinski definition) is 6. The second-order valence-electron chi connectivity index (χ2n) is 6.90. The highest BCUT2D eigenvalue weighted by atomic mass is 16.5. The van der Waals surface area contributed by atoms with Gasteiger partial charge in [-0.25, -0.2) is 0 Å². The third kappa shape index (κ3) is 5.77. The third-order valence-corrected chi connectivity index (χ3v) is 4.76. The molecule has 152 valence electrons. The standard InChI is InChI=1S/C22H26BNO5/c1-16(15-27-2)20-10-11-23(26)29-22(20)9-6-17(21-5-3-4-12-24-21)13-18-7-8-19(14-25)28-18/h3-5,7-8,10,12-13,22,25-26H,1,6,9,11,14-15H2,2H3/b17-13-. The van der Waals surface area contributed by atoms with Crippen LogP contribution in [0.4, 0.5) is 0 Å². The van der Waals surface area contributed by atoms with Gasteiger partial charge in [0.15, 0.2) is 0 Å². The molecule has 0 aliphatic carbocycles. The molecule has 0 aromatic carbocycles. The number of rotatable bonds is 9. The number of aromatic nitrogens is 1. The number of ether oxygens (including phenoxy) is 1. The fourth-order valence-corrected chi connectivity index (χ4v) is 3.37. The Hall–Kier alpha value is -2.45. The van der Waals surface area contributed by atoms with Gasteiger partial charge in [0.2, 0.25) is 0 Å². The normalized spacial score (nSPS) is 17.3. The van der Waals surface area contributed by atoms with E-state index < -0.39 is 7.12 Å². The van der Waals surface area contributed by atoms with E-state index >= 15 is 0 Å². The summed E-state index contributed by atoms with van der Waals surface area (Å²) in [6.07, 6.45) is 7.10. The lowest BCUT2D eigenvalue weighted by atomic mass is 9.78. The zero-order valence-corrected chi connectivity index (χ0v) is 16.6. The van der Waals surface area contributed by atoms with Gasteiger partial charge in [-0.1, -0.05) is 18.7 Å². The molecule has 1 aliphatic rings. The number of hydrogen-bond donors (Lipinski definition) is 2. The Labute approximate surface area is 171 Å². The maximum Gasteiger partial charge on any atom is 0.458 e. The van der Waals surface area contributed by atoms with Crippen molar-refractivity contribution in [1.82, 2.24) is 4.98 Å². The summed E-state index contributed by atoms with van der Waals surface area (Å²) < 4.78 is 16.6. The molecule has 3 heterocycles. The molecule has 3 rings (SSSR count). The molecule has 2 aromatic heterocycles. The van der Waals surface area contributed by atoms with E-state index in [0.717, 1.165) is 22.4 Å². The van der Waals surface area contributed by atoms with Gasteiger partial charge in [-0.2, -0.15) is 0 Å². The lowest BCUT2D eigenvalue weighted by molar-refractivity contribution is 0.177. The van der Waals surface area contributed by atoms with Crippen LogP contribution >= 0.6 is 0 Å². The molecule has 2 aromatic rings. The molecule has 1 unspecified atom stereocenters. The Morgan fingerprint density at radius 2 is 2.24 bits per heavy atom. The van der Waals surface area contributed by atoms with Crippen LogP contribution in [-0.2, 0) is 16.0 Å². The number of aliphatic hydroxyl groups excluding tert-OH is 1. The van der Waals surface area contributed by atoms with Crippen LogP contribution in [0.5, 0.6) is 0 Å². The van der Waals surface area contributed by atoms with Gasteiger partial charge in [0.1, 0.15) is 18.1 Å². The van der Waals surface area contributed by atoms with E-state index in [-0.39, 0.29) is 12.7 Å². The van der Waals surface area contributed by atoms with Crippen LogP contribution in [0, 0.1) is 0 Å². The van der Waals surface area contributed by atoms with Crippen molar-refractivity contribution in [1.29, 1.82) is 0 Å². The van der Waals surface area contributed by atoms with Crippen molar-refractivity contribution >= 4 is 18.8 Å². The largest absolute Gasteiger partial charge is 0.459 e. The molecule has 0 spiro atoms. The zero-order chi connectivity index (χ0) is 20.6. The highest BCUT2D eigenvalue weighted by Gasteiger charge is 2.28. The predicted molar refractivity (Wildman–Crippen MR) is 113 cm³/mol. The fourth-order valence-electron chi connectivity index (χ4n) is 3.37. The van der Waals surface area contributed by atoms with E-state index in [1.165, 1.54) is 0 Å². The predicted octanol–water partition coefficient (Wildman–Crippen LogP) is 3.50. The Morgan fingerprint density at radius 3 is 2.93 bits per heavy atom. The first kappa shape index (κ1) is 21.3. The highest BCUT2D eigenvalue weighted by Crippen LogP contribution is 2.30. The van der Waals surface area contributed by atoms with E-state index in [2.05, 4.69) is 11.6 Å². The summed E-state index contributed by atoms with van der Waals surface area (Å²) in [6, 6.07) is 9.32. The summed E-state index contributed by atoms with van der Waals surface area (Å²) in [4.78, 5) is 4.46. The summed E-state index contributed by atoms with van der Waals surface area (Å²) in [5.41, 5.74) is 3.64. The number of pyridine rings is 1. The Kier molecular flexibility index (Phi) is 7.60. The lowest BCUT2D eigenvalue weighted by Crippen LogP contribution is -2.32. The summed E-state index contributed by atoms with van der Waals surface area (Å²) >= 11 is 0. The molecule has 7 heteroatoms. The van der Waals surface area contributed by atoms with Gasteiger partial charge in [-0.05, 0) is 59.9 Å². The molecule has 0 amide bonds. The molecule has 0 fully saturated rings. The minimum atomic E-state index is -0.821. The van der Waals surface area contributed by atoms with E-state index in [1.54, 1.807) is 19.4 Å². The van der Waals surface area contributed by atoms with Crippen molar-refractivity contribution in [3.8, 4) is 0 Å². The average molecular weight is 395 g/mol. The van der Waals surface area contributed by atoms with Gasteiger partial charge in [0, 0.05) is 19.6 Å². The second kappa shape index (κ2) is 10.4. The quantitative estimate of drug-likeness (QED) is 0.633. The van der Waals surface area contributed by atoms with Gasteiger partial charge < -0.3 is 23.9 Å². The smallest absolute Gasteiger partial charge is 0.458 e. The van der Waals surface area contributed by atoms with Crippen LogP contribution in [0.1, 0.15) is 30.1 Å². The molecular formula is C22H26BNO5. The first-order valence-electron chi connectivity index (χ1n) is 9.63. The maximum atomic E-state index is 9.96. The molecule has 0 saturated heterocycles. The molecule has 1 aliphatic heterocycles. The molecule has 0 radical (unpaired) electrons. The topological polar surface area (TPSA) is 85.0 Å². The van der Waals surface area contributed by atoms with Gasteiger partial charge in [0.05, 0.1) is 18.4 Å².